The number of benzene rings is 3. The highest BCUT2D eigenvalue weighted by Crippen LogP contribution is 2.28. The molecule has 0 aliphatic rings. The van der Waals surface area contributed by atoms with Crippen LogP contribution in [0.25, 0.3) is 6.08 Å². The molecule has 0 aliphatic carbocycles. The molecule has 184 valence electrons. The normalized spacial score (nSPS) is 10.4. The number of amides is 1. The molecule has 0 aliphatic heterocycles. The van der Waals surface area contributed by atoms with Gasteiger partial charge in [0, 0.05) is 19.2 Å². The Kier molecular flexibility index (Phi) is 10.1. The SMILES string of the molecule is COc1cc(/C=C/C(=O)OCC(=O)N(CCc2ccccc2)Cc2ccccc2)ccc1OCC#N. The van der Waals surface area contributed by atoms with Gasteiger partial charge in [-0.2, -0.15) is 5.26 Å². The van der Waals surface area contributed by atoms with Crippen LogP contribution in [0.2, 0.25) is 0 Å². The molecule has 0 aromatic heterocycles. The van der Waals surface area contributed by atoms with E-state index < -0.39 is 5.97 Å². The third-order valence-corrected chi connectivity index (χ3v) is 5.31. The Bertz CT molecular complexity index is 1200. The predicted molar refractivity (Wildman–Crippen MR) is 136 cm³/mol. The second-order valence-electron chi connectivity index (χ2n) is 7.83. The van der Waals surface area contributed by atoms with Crippen molar-refractivity contribution in [1.82, 2.24) is 4.90 Å². The van der Waals surface area contributed by atoms with Gasteiger partial charge in [0.05, 0.1) is 7.11 Å². The molecule has 7 nitrogen and oxygen atoms in total. The fraction of sp³-hybridized carbons (Fsp3) is 0.207. The van der Waals surface area contributed by atoms with E-state index >= 15 is 0 Å². The van der Waals surface area contributed by atoms with E-state index in [0.717, 1.165) is 11.1 Å². The quantitative estimate of drug-likeness (QED) is 0.279. The minimum atomic E-state index is -0.630. The Labute approximate surface area is 211 Å². The van der Waals surface area contributed by atoms with E-state index in [1.807, 2.05) is 66.7 Å². The van der Waals surface area contributed by atoms with Gasteiger partial charge in [0.25, 0.3) is 5.91 Å². The van der Waals surface area contributed by atoms with Crippen molar-refractivity contribution in [3.63, 3.8) is 0 Å². The minimum Gasteiger partial charge on any atom is -0.493 e. The molecule has 0 bridgehead atoms. The van der Waals surface area contributed by atoms with E-state index in [4.69, 9.17) is 19.5 Å². The first-order valence-electron chi connectivity index (χ1n) is 11.5. The van der Waals surface area contributed by atoms with Crippen LogP contribution in [0.1, 0.15) is 16.7 Å². The van der Waals surface area contributed by atoms with Gasteiger partial charge >= 0.3 is 5.97 Å². The van der Waals surface area contributed by atoms with Gasteiger partial charge in [-0.1, -0.05) is 66.7 Å². The number of ether oxygens (including phenoxy) is 3. The largest absolute Gasteiger partial charge is 0.493 e. The van der Waals surface area contributed by atoms with Crippen LogP contribution >= 0.6 is 0 Å². The number of nitriles is 1. The van der Waals surface area contributed by atoms with Crippen molar-refractivity contribution in [2.75, 3.05) is 26.9 Å². The number of carbonyl (C=O) groups excluding carboxylic acids is 2. The standard InChI is InChI=1S/C29H28N2O5/c1-34-27-20-24(12-14-26(27)35-19-17-30)13-15-29(33)36-22-28(32)31(21-25-10-6-3-7-11-25)18-16-23-8-4-2-5-9-23/h2-15,20H,16,18-19,21-22H2,1H3/b15-13+. The zero-order valence-electron chi connectivity index (χ0n) is 20.1. The van der Waals surface area contributed by atoms with Crippen LogP contribution in [0, 0.1) is 11.3 Å². The lowest BCUT2D eigenvalue weighted by atomic mass is 10.1. The Balaban J connectivity index is 1.58. The van der Waals surface area contributed by atoms with E-state index in [2.05, 4.69) is 0 Å². The van der Waals surface area contributed by atoms with Crippen molar-refractivity contribution in [3.8, 4) is 17.6 Å². The molecule has 0 N–H and O–H groups in total. The summed E-state index contributed by atoms with van der Waals surface area (Å²) < 4.78 is 15.8. The molecule has 0 saturated heterocycles. The smallest absolute Gasteiger partial charge is 0.331 e. The maximum atomic E-state index is 12.9. The molecule has 0 atom stereocenters. The second kappa shape index (κ2) is 14.0. The summed E-state index contributed by atoms with van der Waals surface area (Å²) in [6, 6.07) is 26.6. The van der Waals surface area contributed by atoms with E-state index in [1.54, 1.807) is 29.2 Å². The van der Waals surface area contributed by atoms with Gasteiger partial charge in [-0.05, 0) is 41.3 Å². The number of methoxy groups -OCH3 is 1. The first-order valence-corrected chi connectivity index (χ1v) is 11.5. The number of esters is 1. The average Bonchev–Trinajstić information content (AvgIpc) is 2.92. The first-order chi connectivity index (χ1) is 17.6. The zero-order valence-corrected chi connectivity index (χ0v) is 20.1. The summed E-state index contributed by atoms with van der Waals surface area (Å²) in [5, 5.41) is 8.67. The lowest BCUT2D eigenvalue weighted by Gasteiger charge is -2.23. The molecule has 3 aromatic rings. The molecule has 36 heavy (non-hydrogen) atoms. The van der Waals surface area contributed by atoms with Gasteiger partial charge < -0.3 is 19.1 Å². The Morgan fingerprint density at radius 3 is 2.31 bits per heavy atom. The number of hydrogen-bond donors (Lipinski definition) is 0. The summed E-state index contributed by atoms with van der Waals surface area (Å²) >= 11 is 0. The van der Waals surface area contributed by atoms with Crippen LogP contribution in [0.5, 0.6) is 11.5 Å². The highest BCUT2D eigenvalue weighted by molar-refractivity contribution is 5.89. The van der Waals surface area contributed by atoms with Crippen molar-refractivity contribution in [2.45, 2.75) is 13.0 Å². The molecular weight excluding hydrogens is 456 g/mol. The molecular formula is C29H28N2O5. The van der Waals surface area contributed by atoms with Crippen LogP contribution in [0.3, 0.4) is 0 Å². The summed E-state index contributed by atoms with van der Waals surface area (Å²) in [6.07, 6.45) is 3.51. The highest BCUT2D eigenvalue weighted by Gasteiger charge is 2.16. The molecule has 0 spiro atoms. The maximum absolute atomic E-state index is 12.9. The fourth-order valence-electron chi connectivity index (χ4n) is 3.46. The molecule has 0 unspecified atom stereocenters. The highest BCUT2D eigenvalue weighted by atomic mass is 16.5. The lowest BCUT2D eigenvalue weighted by molar-refractivity contribution is -0.148. The predicted octanol–water partition coefficient (Wildman–Crippen LogP) is 4.43. The van der Waals surface area contributed by atoms with Gasteiger partial charge in [0.2, 0.25) is 0 Å². The molecule has 0 saturated carbocycles. The number of nitrogens with zero attached hydrogens (tertiary/aromatic N) is 2. The van der Waals surface area contributed by atoms with Gasteiger partial charge in [-0.25, -0.2) is 4.79 Å². The first kappa shape index (κ1) is 26.0. The fourth-order valence-corrected chi connectivity index (χ4v) is 3.46. The summed E-state index contributed by atoms with van der Waals surface area (Å²) in [5.41, 5.74) is 2.80. The molecule has 1 amide bonds. The third-order valence-electron chi connectivity index (χ3n) is 5.31. The molecule has 0 heterocycles. The van der Waals surface area contributed by atoms with E-state index in [1.165, 1.54) is 13.2 Å². The van der Waals surface area contributed by atoms with Crippen molar-refractivity contribution < 1.29 is 23.8 Å². The Morgan fingerprint density at radius 1 is 0.944 bits per heavy atom. The van der Waals surface area contributed by atoms with Gasteiger partial charge in [-0.3, -0.25) is 4.79 Å². The number of carbonyl (C=O) groups is 2. The summed E-state index contributed by atoms with van der Waals surface area (Å²) in [6.45, 7) is 0.485. The third kappa shape index (κ3) is 8.33. The monoisotopic (exact) mass is 484 g/mol. The van der Waals surface area contributed by atoms with Crippen molar-refractivity contribution >= 4 is 18.0 Å². The lowest BCUT2D eigenvalue weighted by Crippen LogP contribution is -2.35. The minimum absolute atomic E-state index is 0.0987. The van der Waals surface area contributed by atoms with E-state index in [9.17, 15) is 9.59 Å². The zero-order chi connectivity index (χ0) is 25.6. The summed E-state index contributed by atoms with van der Waals surface area (Å²) in [5.74, 6) is -0.0312. The van der Waals surface area contributed by atoms with Crippen LogP contribution in [0.4, 0.5) is 0 Å². The molecule has 0 fully saturated rings. The number of rotatable bonds is 12. The van der Waals surface area contributed by atoms with Crippen LogP contribution in [-0.4, -0.2) is 43.6 Å². The van der Waals surface area contributed by atoms with Gasteiger partial charge in [0.1, 0.15) is 6.07 Å². The Hall–Kier alpha value is -4.57. The molecule has 3 aromatic carbocycles. The average molecular weight is 485 g/mol. The van der Waals surface area contributed by atoms with Crippen molar-refractivity contribution in [3.05, 3.63) is 102 Å². The summed E-state index contributed by atoms with van der Waals surface area (Å²) in [7, 11) is 1.49. The molecule has 7 heteroatoms. The number of hydrogen-bond acceptors (Lipinski definition) is 6. The second-order valence-corrected chi connectivity index (χ2v) is 7.83. The molecule has 3 rings (SSSR count). The summed E-state index contributed by atoms with van der Waals surface area (Å²) in [4.78, 5) is 26.9. The van der Waals surface area contributed by atoms with Crippen molar-refractivity contribution in [2.24, 2.45) is 0 Å². The van der Waals surface area contributed by atoms with Crippen molar-refractivity contribution in [1.29, 1.82) is 5.26 Å². The van der Waals surface area contributed by atoms with Gasteiger partial charge in [0.15, 0.2) is 24.7 Å². The van der Waals surface area contributed by atoms with E-state index in [0.29, 0.717) is 36.6 Å². The van der Waals surface area contributed by atoms with Gasteiger partial charge in [-0.15, -0.1) is 0 Å². The van der Waals surface area contributed by atoms with Crippen LogP contribution < -0.4 is 9.47 Å². The maximum Gasteiger partial charge on any atom is 0.331 e. The molecule has 0 radical (unpaired) electrons. The Morgan fingerprint density at radius 2 is 1.64 bits per heavy atom. The van der Waals surface area contributed by atoms with Crippen LogP contribution in [0.15, 0.2) is 84.9 Å². The van der Waals surface area contributed by atoms with Crippen LogP contribution in [-0.2, 0) is 27.3 Å². The van der Waals surface area contributed by atoms with E-state index in [-0.39, 0.29) is 19.1 Å². The topological polar surface area (TPSA) is 88.9 Å².